The van der Waals surface area contributed by atoms with E-state index in [4.69, 9.17) is 10.00 Å². The normalized spacial score (nSPS) is 16.7. The number of hydrogen-bond acceptors (Lipinski definition) is 6. The van der Waals surface area contributed by atoms with Crippen LogP contribution in [0.2, 0.25) is 0 Å². The Morgan fingerprint density at radius 2 is 2.22 bits per heavy atom. The maximum absolute atomic E-state index is 8.86. The molecule has 120 valence electrons. The van der Waals surface area contributed by atoms with E-state index in [-0.39, 0.29) is 0 Å². The molecule has 0 amide bonds. The summed E-state index contributed by atoms with van der Waals surface area (Å²) in [6.07, 6.45) is 1.77. The van der Waals surface area contributed by atoms with Gasteiger partial charge in [-0.05, 0) is 23.6 Å². The summed E-state index contributed by atoms with van der Waals surface area (Å²) in [5, 5.41) is 11.0. The van der Waals surface area contributed by atoms with Crippen molar-refractivity contribution in [2.45, 2.75) is 6.04 Å². The van der Waals surface area contributed by atoms with Gasteiger partial charge in [-0.15, -0.1) is 11.3 Å². The molecule has 1 aliphatic rings. The van der Waals surface area contributed by atoms with Crippen molar-refractivity contribution < 1.29 is 4.74 Å². The summed E-state index contributed by atoms with van der Waals surface area (Å²) in [5.74, 6) is 0. The van der Waals surface area contributed by atoms with Gasteiger partial charge in [0.2, 0.25) is 0 Å². The van der Waals surface area contributed by atoms with Gasteiger partial charge >= 0.3 is 0 Å². The summed E-state index contributed by atoms with van der Waals surface area (Å²) < 4.78 is 5.49. The predicted octanol–water partition coefficient (Wildman–Crippen LogP) is 2.52. The number of morpholine rings is 1. The van der Waals surface area contributed by atoms with Crippen LogP contribution in [0.1, 0.15) is 16.6 Å². The van der Waals surface area contributed by atoms with Crippen molar-refractivity contribution >= 4 is 17.0 Å². The molecule has 23 heavy (non-hydrogen) atoms. The molecule has 0 aromatic carbocycles. The first-order chi connectivity index (χ1) is 11.3. The largest absolute Gasteiger partial charge is 0.379 e. The summed E-state index contributed by atoms with van der Waals surface area (Å²) >= 11 is 1.80. The van der Waals surface area contributed by atoms with Crippen LogP contribution >= 0.6 is 11.3 Å². The van der Waals surface area contributed by atoms with Gasteiger partial charge in [0.25, 0.3) is 0 Å². The first-order valence-corrected chi connectivity index (χ1v) is 8.58. The van der Waals surface area contributed by atoms with E-state index < -0.39 is 0 Å². The Labute approximate surface area is 140 Å². The fourth-order valence-corrected chi connectivity index (χ4v) is 3.65. The van der Waals surface area contributed by atoms with E-state index in [9.17, 15) is 0 Å². The maximum atomic E-state index is 8.86. The number of rotatable bonds is 5. The summed E-state index contributed by atoms with van der Waals surface area (Å²) in [4.78, 5) is 10.2. The molecule has 1 atom stereocenters. The van der Waals surface area contributed by atoms with Crippen LogP contribution in [-0.2, 0) is 4.74 Å². The maximum Gasteiger partial charge on any atom is 0.140 e. The first-order valence-electron chi connectivity index (χ1n) is 7.70. The number of pyridine rings is 1. The van der Waals surface area contributed by atoms with E-state index in [2.05, 4.69) is 45.4 Å². The Balaban J connectivity index is 1.75. The lowest BCUT2D eigenvalue weighted by Gasteiger charge is -2.36. The third kappa shape index (κ3) is 3.88. The van der Waals surface area contributed by atoms with Gasteiger partial charge in [0.05, 0.1) is 31.1 Å². The number of hydrogen-bond donors (Lipinski definition) is 0. The Hall–Kier alpha value is -1.94. The molecule has 3 heterocycles. The van der Waals surface area contributed by atoms with Gasteiger partial charge in [-0.1, -0.05) is 6.07 Å². The van der Waals surface area contributed by atoms with Crippen molar-refractivity contribution in [2.24, 2.45) is 0 Å². The van der Waals surface area contributed by atoms with Gasteiger partial charge < -0.3 is 9.64 Å². The summed E-state index contributed by atoms with van der Waals surface area (Å²) in [5.41, 5.74) is 1.48. The van der Waals surface area contributed by atoms with Crippen molar-refractivity contribution in [2.75, 3.05) is 44.8 Å². The average molecular weight is 328 g/mol. The van der Waals surface area contributed by atoms with Gasteiger partial charge in [0.1, 0.15) is 11.8 Å². The summed E-state index contributed by atoms with van der Waals surface area (Å²) in [7, 11) is 2.07. The molecule has 0 radical (unpaired) electrons. The van der Waals surface area contributed by atoms with Crippen LogP contribution in [-0.4, -0.2) is 49.8 Å². The second-order valence-corrected chi connectivity index (χ2v) is 6.55. The van der Waals surface area contributed by atoms with Crippen LogP contribution < -0.4 is 4.90 Å². The zero-order valence-corrected chi connectivity index (χ0v) is 14.0. The lowest BCUT2D eigenvalue weighted by atomic mass is 10.1. The Morgan fingerprint density at radius 3 is 2.83 bits per heavy atom. The number of thiophene rings is 1. The molecule has 1 aliphatic heterocycles. The highest BCUT2D eigenvalue weighted by Crippen LogP contribution is 2.28. The van der Waals surface area contributed by atoms with E-state index in [0.29, 0.717) is 11.7 Å². The van der Waals surface area contributed by atoms with Gasteiger partial charge in [-0.2, -0.15) is 5.26 Å². The van der Waals surface area contributed by atoms with E-state index >= 15 is 0 Å². The van der Waals surface area contributed by atoms with Crippen molar-refractivity contribution in [3.05, 3.63) is 46.4 Å². The molecule has 6 heteroatoms. The smallest absolute Gasteiger partial charge is 0.140 e. The number of anilines is 1. The third-order valence-electron chi connectivity index (χ3n) is 4.11. The first kappa shape index (κ1) is 15.9. The summed E-state index contributed by atoms with van der Waals surface area (Å²) in [6.45, 7) is 4.40. The molecular weight excluding hydrogens is 308 g/mol. The lowest BCUT2D eigenvalue weighted by Crippen LogP contribution is -2.43. The molecule has 1 saturated heterocycles. The minimum absolute atomic E-state index is 0.347. The minimum Gasteiger partial charge on any atom is -0.379 e. The molecule has 1 fully saturated rings. The zero-order chi connectivity index (χ0) is 16.1. The zero-order valence-electron chi connectivity index (χ0n) is 13.2. The molecule has 0 bridgehead atoms. The van der Waals surface area contributed by atoms with E-state index in [1.54, 1.807) is 23.6 Å². The molecule has 3 rings (SSSR count). The van der Waals surface area contributed by atoms with E-state index in [1.807, 2.05) is 6.07 Å². The minimum atomic E-state index is 0.347. The molecule has 0 spiro atoms. The fraction of sp³-hybridized carbons (Fsp3) is 0.412. The highest BCUT2D eigenvalue weighted by atomic mass is 32.1. The van der Waals surface area contributed by atoms with Crippen LogP contribution in [0.25, 0.3) is 0 Å². The highest BCUT2D eigenvalue weighted by Gasteiger charge is 2.24. The Bertz CT molecular complexity index is 644. The van der Waals surface area contributed by atoms with Crippen LogP contribution in [0, 0.1) is 11.3 Å². The third-order valence-corrected chi connectivity index (χ3v) is 5.08. The van der Waals surface area contributed by atoms with E-state index in [1.165, 1.54) is 4.88 Å². The van der Waals surface area contributed by atoms with Crippen LogP contribution in [0.4, 0.5) is 5.69 Å². The number of aromatic nitrogens is 1. The molecule has 2 aromatic rings. The topological polar surface area (TPSA) is 52.4 Å². The van der Waals surface area contributed by atoms with Crippen molar-refractivity contribution in [1.82, 2.24) is 9.88 Å². The lowest BCUT2D eigenvalue weighted by molar-refractivity contribution is 0.0184. The fourth-order valence-electron chi connectivity index (χ4n) is 2.80. The van der Waals surface area contributed by atoms with Gasteiger partial charge in [0.15, 0.2) is 0 Å². The number of nitrogens with zero attached hydrogens (tertiary/aromatic N) is 4. The van der Waals surface area contributed by atoms with Crippen molar-refractivity contribution in [3.8, 4) is 6.07 Å². The highest BCUT2D eigenvalue weighted by molar-refractivity contribution is 7.10. The monoisotopic (exact) mass is 328 g/mol. The van der Waals surface area contributed by atoms with Gasteiger partial charge in [-0.25, -0.2) is 4.98 Å². The van der Waals surface area contributed by atoms with Gasteiger partial charge in [-0.3, -0.25) is 4.90 Å². The molecular formula is C17H20N4OS. The SMILES string of the molecule is CN(C[C@@H](c1cccs1)N1CCOCC1)c1ccc(C#N)nc1. The molecule has 0 N–H and O–H groups in total. The van der Waals surface area contributed by atoms with Crippen LogP contribution in [0.5, 0.6) is 0 Å². The van der Waals surface area contributed by atoms with Crippen LogP contribution in [0.15, 0.2) is 35.8 Å². The van der Waals surface area contributed by atoms with Crippen LogP contribution in [0.3, 0.4) is 0 Å². The van der Waals surface area contributed by atoms with E-state index in [0.717, 1.165) is 38.5 Å². The Kier molecular flexibility index (Phi) is 5.23. The molecule has 0 unspecified atom stereocenters. The second-order valence-electron chi connectivity index (χ2n) is 5.57. The number of ether oxygens (including phenoxy) is 1. The molecule has 2 aromatic heterocycles. The number of nitriles is 1. The van der Waals surface area contributed by atoms with Crippen molar-refractivity contribution in [1.29, 1.82) is 5.26 Å². The summed E-state index contributed by atoms with van der Waals surface area (Å²) in [6, 6.07) is 10.4. The van der Waals surface area contributed by atoms with Gasteiger partial charge in [0, 0.05) is 31.6 Å². The molecule has 0 aliphatic carbocycles. The Morgan fingerprint density at radius 1 is 1.39 bits per heavy atom. The average Bonchev–Trinajstić information content (AvgIpc) is 3.14. The number of likely N-dealkylation sites (N-methyl/N-ethyl adjacent to an activating group) is 1. The standard InChI is InChI=1S/C17H20N4OS/c1-20(15-5-4-14(11-18)19-12-15)13-16(17-3-2-10-23-17)21-6-8-22-9-7-21/h2-5,10,12,16H,6-9,13H2,1H3/t16-/m0/s1. The quantitative estimate of drug-likeness (QED) is 0.844. The molecule has 5 nitrogen and oxygen atoms in total. The predicted molar refractivity (Wildman–Crippen MR) is 91.7 cm³/mol. The second kappa shape index (κ2) is 7.55. The van der Waals surface area contributed by atoms with Crippen molar-refractivity contribution in [3.63, 3.8) is 0 Å². The molecule has 0 saturated carbocycles.